The van der Waals surface area contributed by atoms with Crippen LogP contribution < -0.4 is 5.32 Å². The van der Waals surface area contributed by atoms with E-state index >= 15 is 0 Å². The van der Waals surface area contributed by atoms with Crippen molar-refractivity contribution in [1.29, 1.82) is 0 Å². The Balaban J connectivity index is 2.16. The SMILES string of the molecule is CCC(CC(C)C(CC)CO)Sc1cc(C(=O)Nc2cc(F)c(F)c(F)c2)ccc1Cl. The fraction of sp³-hybridized carbons (Fsp3) is 0.435. The molecule has 2 N–H and O–H groups in total. The van der Waals surface area contributed by atoms with E-state index in [0.717, 1.165) is 36.3 Å². The number of benzene rings is 2. The Morgan fingerprint density at radius 3 is 2.32 bits per heavy atom. The number of rotatable bonds is 10. The minimum Gasteiger partial charge on any atom is -0.396 e. The monoisotopic (exact) mass is 473 g/mol. The second kappa shape index (κ2) is 11.8. The van der Waals surface area contributed by atoms with E-state index in [-0.39, 0.29) is 29.0 Å². The van der Waals surface area contributed by atoms with Crippen molar-refractivity contribution in [3.05, 3.63) is 58.4 Å². The van der Waals surface area contributed by atoms with Crippen molar-refractivity contribution in [1.82, 2.24) is 0 Å². The number of aliphatic hydroxyl groups is 1. The number of amides is 1. The zero-order valence-electron chi connectivity index (χ0n) is 17.7. The van der Waals surface area contributed by atoms with Crippen molar-refractivity contribution in [3.8, 4) is 0 Å². The van der Waals surface area contributed by atoms with E-state index < -0.39 is 23.4 Å². The molecule has 0 radical (unpaired) electrons. The largest absolute Gasteiger partial charge is 0.396 e. The predicted molar refractivity (Wildman–Crippen MR) is 120 cm³/mol. The first-order valence-electron chi connectivity index (χ1n) is 10.2. The Morgan fingerprint density at radius 2 is 1.77 bits per heavy atom. The molecule has 3 unspecified atom stereocenters. The van der Waals surface area contributed by atoms with Crippen LogP contribution in [0.4, 0.5) is 18.9 Å². The van der Waals surface area contributed by atoms with Crippen LogP contribution in [0.1, 0.15) is 50.4 Å². The minimum absolute atomic E-state index is 0.153. The average molecular weight is 474 g/mol. The van der Waals surface area contributed by atoms with Gasteiger partial charge in [0, 0.05) is 40.1 Å². The number of anilines is 1. The Hall–Kier alpha value is -1.70. The Bertz CT molecular complexity index is 885. The van der Waals surface area contributed by atoms with Gasteiger partial charge in [-0.15, -0.1) is 11.8 Å². The summed E-state index contributed by atoms with van der Waals surface area (Å²) in [6.45, 7) is 6.41. The molecule has 0 heterocycles. The van der Waals surface area contributed by atoms with Gasteiger partial charge >= 0.3 is 0 Å². The van der Waals surface area contributed by atoms with E-state index in [1.807, 2.05) is 0 Å². The number of carbonyl (C=O) groups is 1. The summed E-state index contributed by atoms with van der Waals surface area (Å²) in [5, 5.41) is 12.7. The van der Waals surface area contributed by atoms with Gasteiger partial charge in [0.2, 0.25) is 0 Å². The molecule has 0 spiro atoms. The quantitative estimate of drug-likeness (QED) is 0.290. The first kappa shape index (κ1) is 25.6. The molecule has 3 nitrogen and oxygen atoms in total. The Morgan fingerprint density at radius 1 is 1.13 bits per heavy atom. The fourth-order valence-corrected chi connectivity index (χ4v) is 4.91. The van der Waals surface area contributed by atoms with Gasteiger partial charge < -0.3 is 10.4 Å². The highest BCUT2D eigenvalue weighted by atomic mass is 35.5. The highest BCUT2D eigenvalue weighted by Crippen LogP contribution is 2.36. The average Bonchev–Trinajstić information content (AvgIpc) is 2.73. The third-order valence-corrected chi connectivity index (χ3v) is 7.27. The number of carbonyl (C=O) groups excluding carboxylic acids is 1. The molecule has 1 amide bonds. The van der Waals surface area contributed by atoms with Crippen molar-refractivity contribution in [3.63, 3.8) is 0 Å². The van der Waals surface area contributed by atoms with Crippen LogP contribution in [-0.4, -0.2) is 22.9 Å². The molecule has 3 atom stereocenters. The van der Waals surface area contributed by atoms with Crippen LogP contribution in [0.3, 0.4) is 0 Å². The van der Waals surface area contributed by atoms with Gasteiger partial charge in [0.25, 0.3) is 5.91 Å². The Labute approximate surface area is 190 Å². The van der Waals surface area contributed by atoms with E-state index in [1.54, 1.807) is 23.9 Å². The van der Waals surface area contributed by atoms with Gasteiger partial charge in [-0.2, -0.15) is 0 Å². The van der Waals surface area contributed by atoms with E-state index in [0.29, 0.717) is 10.9 Å². The van der Waals surface area contributed by atoms with Crippen LogP contribution in [0.2, 0.25) is 5.02 Å². The highest BCUT2D eigenvalue weighted by Gasteiger charge is 2.21. The molecule has 0 aromatic heterocycles. The molecule has 2 aromatic rings. The normalized spacial score (nSPS) is 14.2. The lowest BCUT2D eigenvalue weighted by molar-refractivity contribution is 0.102. The lowest BCUT2D eigenvalue weighted by Gasteiger charge is -2.25. The smallest absolute Gasteiger partial charge is 0.255 e. The number of halogens is 4. The van der Waals surface area contributed by atoms with Crippen LogP contribution in [0, 0.1) is 29.3 Å². The summed E-state index contributed by atoms with van der Waals surface area (Å²) in [6.07, 6.45) is 2.68. The molecule has 0 saturated carbocycles. The molecule has 2 aromatic carbocycles. The van der Waals surface area contributed by atoms with Gasteiger partial charge in [-0.3, -0.25) is 4.79 Å². The summed E-state index contributed by atoms with van der Waals surface area (Å²) < 4.78 is 39.9. The lowest BCUT2D eigenvalue weighted by atomic mass is 9.88. The first-order chi connectivity index (χ1) is 14.7. The van der Waals surface area contributed by atoms with Crippen molar-refractivity contribution in [2.45, 2.75) is 50.2 Å². The maximum absolute atomic E-state index is 13.4. The van der Waals surface area contributed by atoms with Gasteiger partial charge in [0.15, 0.2) is 17.5 Å². The zero-order valence-corrected chi connectivity index (χ0v) is 19.3. The molecular weight excluding hydrogens is 447 g/mol. The van der Waals surface area contributed by atoms with Crippen molar-refractivity contribution in [2.24, 2.45) is 11.8 Å². The zero-order chi connectivity index (χ0) is 23.1. The summed E-state index contributed by atoms with van der Waals surface area (Å²) in [5.41, 5.74) is 0.0853. The maximum atomic E-state index is 13.4. The van der Waals surface area contributed by atoms with Crippen LogP contribution in [0.5, 0.6) is 0 Å². The summed E-state index contributed by atoms with van der Waals surface area (Å²) in [4.78, 5) is 13.3. The third kappa shape index (κ3) is 6.89. The highest BCUT2D eigenvalue weighted by molar-refractivity contribution is 8.00. The van der Waals surface area contributed by atoms with E-state index in [4.69, 9.17) is 11.6 Å². The Kier molecular flexibility index (Phi) is 9.72. The molecule has 8 heteroatoms. The summed E-state index contributed by atoms with van der Waals surface area (Å²) in [7, 11) is 0. The predicted octanol–water partition coefficient (Wildman–Crippen LogP) is 6.93. The maximum Gasteiger partial charge on any atom is 0.255 e. The van der Waals surface area contributed by atoms with Crippen LogP contribution >= 0.6 is 23.4 Å². The molecule has 0 bridgehead atoms. The standard InChI is InChI=1S/C23H27ClF3NO2S/c1-4-14(12-29)13(3)8-17(5-2)31-21-9-15(6-7-18(21)24)23(30)28-16-10-19(25)22(27)20(26)11-16/h6-7,9-11,13-14,17,29H,4-5,8,12H2,1-3H3,(H,28,30). The second-order valence-electron chi connectivity index (χ2n) is 7.57. The molecule has 0 fully saturated rings. The number of hydrogen-bond donors (Lipinski definition) is 2. The lowest BCUT2D eigenvalue weighted by Crippen LogP contribution is -2.19. The summed E-state index contributed by atoms with van der Waals surface area (Å²) in [5.74, 6) is -4.36. The minimum atomic E-state index is -1.59. The number of nitrogens with one attached hydrogen (secondary N) is 1. The van der Waals surface area contributed by atoms with Crippen molar-refractivity contribution in [2.75, 3.05) is 11.9 Å². The van der Waals surface area contributed by atoms with Crippen LogP contribution in [0.15, 0.2) is 35.2 Å². The molecule has 0 aliphatic heterocycles. The van der Waals surface area contributed by atoms with E-state index in [9.17, 15) is 23.1 Å². The van der Waals surface area contributed by atoms with Crippen molar-refractivity contribution >= 4 is 35.0 Å². The summed E-state index contributed by atoms with van der Waals surface area (Å²) in [6, 6.07) is 6.20. The van der Waals surface area contributed by atoms with Crippen LogP contribution in [-0.2, 0) is 0 Å². The van der Waals surface area contributed by atoms with E-state index in [2.05, 4.69) is 26.1 Å². The van der Waals surface area contributed by atoms with Crippen molar-refractivity contribution < 1.29 is 23.1 Å². The van der Waals surface area contributed by atoms with Crippen LogP contribution in [0.25, 0.3) is 0 Å². The van der Waals surface area contributed by atoms with Gasteiger partial charge in [0.05, 0.1) is 5.02 Å². The first-order valence-corrected chi connectivity index (χ1v) is 11.5. The van der Waals surface area contributed by atoms with E-state index in [1.165, 1.54) is 6.07 Å². The molecular formula is C23H27ClF3NO2S. The van der Waals surface area contributed by atoms with Gasteiger partial charge in [0.1, 0.15) is 0 Å². The molecule has 2 rings (SSSR count). The molecule has 0 aliphatic carbocycles. The number of hydrogen-bond acceptors (Lipinski definition) is 3. The van der Waals surface area contributed by atoms with Gasteiger partial charge in [-0.25, -0.2) is 13.2 Å². The second-order valence-corrected chi connectivity index (χ2v) is 9.31. The number of aliphatic hydroxyl groups excluding tert-OH is 1. The molecule has 170 valence electrons. The fourth-order valence-electron chi connectivity index (χ4n) is 3.36. The van der Waals surface area contributed by atoms with Gasteiger partial charge in [-0.1, -0.05) is 38.8 Å². The molecule has 31 heavy (non-hydrogen) atoms. The third-order valence-electron chi connectivity index (χ3n) is 5.38. The molecule has 0 saturated heterocycles. The topological polar surface area (TPSA) is 49.3 Å². The molecule has 0 aliphatic rings. The number of thioether (sulfide) groups is 1. The summed E-state index contributed by atoms with van der Waals surface area (Å²) >= 11 is 7.91. The van der Waals surface area contributed by atoms with Gasteiger partial charge in [-0.05, 0) is 42.9 Å².